The Bertz CT molecular complexity index is 1270. The van der Waals surface area contributed by atoms with Gasteiger partial charge < -0.3 is 0 Å². The number of unbranched alkanes of at least 4 members (excludes halogenated alkanes) is 17. The van der Waals surface area contributed by atoms with Crippen molar-refractivity contribution in [3.8, 4) is 23.0 Å². The van der Waals surface area contributed by atoms with E-state index in [-0.39, 0.29) is 27.8 Å². The van der Waals surface area contributed by atoms with E-state index < -0.39 is 8.03 Å². The molecule has 0 radical (unpaired) electrons. The molecular weight excluding hydrogens is 715 g/mol. The van der Waals surface area contributed by atoms with Crippen molar-refractivity contribution in [2.24, 2.45) is 0 Å². The maximum absolute atomic E-state index is 18.3. The molecule has 0 amide bonds. The minimum atomic E-state index is -4.42. The predicted octanol–water partition coefficient (Wildman–Crippen LogP) is 16.9. The Morgan fingerprint density at radius 3 is 0.857 bits per heavy atom. The van der Waals surface area contributed by atoms with Gasteiger partial charge in [-0.05, 0) is 0 Å². The number of hydrogen-bond donors (Lipinski definition) is 0. The van der Waals surface area contributed by atoms with Crippen LogP contribution >= 0.6 is 8.03 Å². The molecule has 0 aliphatic rings. The number of hydrogen-bond acceptors (Lipinski definition) is 4. The molecule has 0 atom stereocenters. The first-order valence-electron chi connectivity index (χ1n) is 22.6. The number of halogens is 1. The van der Waals surface area contributed by atoms with Gasteiger partial charge in [0.2, 0.25) is 0 Å². The molecule has 0 fully saturated rings. The van der Waals surface area contributed by atoms with Gasteiger partial charge in [-0.2, -0.15) is 0 Å². The normalized spacial score (nSPS) is 13.2. The van der Waals surface area contributed by atoms with Crippen molar-refractivity contribution in [1.29, 1.82) is 0 Å². The van der Waals surface area contributed by atoms with Crippen molar-refractivity contribution in [1.82, 2.24) is 0 Å². The van der Waals surface area contributed by atoms with Crippen LogP contribution in [0.15, 0.2) is 24.3 Å². The number of ether oxygens (including phenoxy) is 2. The Morgan fingerprint density at radius 1 is 0.411 bits per heavy atom. The van der Waals surface area contributed by atoms with Crippen molar-refractivity contribution in [2.75, 3.05) is 20.4 Å². The van der Waals surface area contributed by atoms with Gasteiger partial charge in [0.1, 0.15) is 0 Å². The van der Waals surface area contributed by atoms with Crippen molar-refractivity contribution < 1.29 is 22.7 Å². The fourth-order valence-electron chi connectivity index (χ4n) is 7.55. The van der Waals surface area contributed by atoms with Crippen LogP contribution in [0.5, 0.6) is 23.0 Å². The molecule has 0 saturated carbocycles. The number of methoxy groups -OCH3 is 2. The zero-order valence-electron chi connectivity index (χ0n) is 39.3. The second-order valence-electron chi connectivity index (χ2n) is 20.7. The summed E-state index contributed by atoms with van der Waals surface area (Å²) in [7, 11) is -1.04. The van der Waals surface area contributed by atoms with E-state index >= 15 is 4.20 Å². The predicted molar refractivity (Wildman–Crippen MR) is 245 cm³/mol. The molecule has 0 N–H and O–H groups in total. The maximum atomic E-state index is 18.3. The van der Waals surface area contributed by atoms with Crippen LogP contribution in [0, 0.1) is 0 Å². The standard InChI is InChI=1S/C50H88FO4P/c1-16-17-18-19-20-21-22-23-24-25-26-27-28-29-30-31-32-33-34-56(51,54-45-41(47(2,3)4)35-39(52-14)36-42(45)48(5,6)7)55-46-43(49(8,9)10)37-40(53-15)38-44(46)50(11,12)13/h35-38,56H,16-34H2,1-15H3. The first-order chi connectivity index (χ1) is 26.1. The van der Waals surface area contributed by atoms with Crippen molar-refractivity contribution >= 4 is 8.03 Å². The van der Waals surface area contributed by atoms with Crippen molar-refractivity contribution in [3.05, 3.63) is 46.5 Å². The summed E-state index contributed by atoms with van der Waals surface area (Å²) in [5.41, 5.74) is 2.44. The van der Waals surface area contributed by atoms with Crippen molar-refractivity contribution in [2.45, 2.75) is 227 Å². The van der Waals surface area contributed by atoms with Crippen LogP contribution < -0.4 is 18.5 Å². The summed E-state index contributed by atoms with van der Waals surface area (Å²) in [6, 6.07) is 8.07. The molecule has 2 rings (SSSR count). The van der Waals surface area contributed by atoms with Crippen LogP contribution in [0.25, 0.3) is 0 Å². The van der Waals surface area contributed by atoms with E-state index in [2.05, 4.69) is 90.0 Å². The van der Waals surface area contributed by atoms with Gasteiger partial charge in [-0.1, -0.05) is 51.9 Å². The molecule has 2 aromatic rings. The summed E-state index contributed by atoms with van der Waals surface area (Å²) in [6.45, 7) is 28.1. The monoisotopic (exact) mass is 803 g/mol. The van der Waals surface area contributed by atoms with E-state index in [1.54, 1.807) is 14.2 Å². The molecule has 56 heavy (non-hydrogen) atoms. The summed E-state index contributed by atoms with van der Waals surface area (Å²) in [6.07, 6.45) is 23.5. The van der Waals surface area contributed by atoms with Crippen LogP contribution in [-0.4, -0.2) is 20.4 Å². The molecule has 0 saturated heterocycles. The average molecular weight is 803 g/mol. The molecule has 324 valence electrons. The second kappa shape index (κ2) is 23.0. The van der Waals surface area contributed by atoms with Gasteiger partial charge in [0, 0.05) is 0 Å². The molecular formula is C50H88FO4P. The van der Waals surface area contributed by atoms with Crippen LogP contribution in [0.3, 0.4) is 0 Å². The Labute approximate surface area is 346 Å². The molecule has 0 aliphatic heterocycles. The fraction of sp³-hybridized carbons (Fsp3) is 0.760. The van der Waals surface area contributed by atoms with Gasteiger partial charge >= 0.3 is 296 Å². The number of benzene rings is 2. The van der Waals surface area contributed by atoms with Crippen LogP contribution in [0.2, 0.25) is 0 Å². The van der Waals surface area contributed by atoms with Gasteiger partial charge in [0.25, 0.3) is 0 Å². The Hall–Kier alpha value is -2.00. The molecule has 0 unspecified atom stereocenters. The molecule has 0 aliphatic carbocycles. The molecule has 0 aromatic heterocycles. The number of rotatable bonds is 25. The van der Waals surface area contributed by atoms with Gasteiger partial charge in [-0.15, -0.1) is 0 Å². The zero-order valence-corrected chi connectivity index (χ0v) is 40.3. The van der Waals surface area contributed by atoms with Gasteiger partial charge in [-0.25, -0.2) is 0 Å². The van der Waals surface area contributed by atoms with E-state index in [1.165, 1.54) is 96.3 Å². The fourth-order valence-corrected chi connectivity index (χ4v) is 9.52. The average Bonchev–Trinajstić information content (AvgIpc) is 3.09. The third-order valence-corrected chi connectivity index (χ3v) is 13.1. The Balaban J connectivity index is 2.26. The van der Waals surface area contributed by atoms with E-state index in [4.69, 9.17) is 18.5 Å². The topological polar surface area (TPSA) is 36.9 Å². The van der Waals surface area contributed by atoms with Crippen LogP contribution in [0.4, 0.5) is 4.20 Å². The molecule has 2 aromatic carbocycles. The van der Waals surface area contributed by atoms with Crippen LogP contribution in [0.1, 0.15) is 228 Å². The van der Waals surface area contributed by atoms with E-state index in [0.717, 1.165) is 53.0 Å². The molecule has 0 bridgehead atoms. The Morgan fingerprint density at radius 2 is 0.643 bits per heavy atom. The van der Waals surface area contributed by atoms with Gasteiger partial charge in [0.05, 0.1) is 0 Å². The first-order valence-corrected chi connectivity index (χ1v) is 24.5. The summed E-state index contributed by atoms with van der Waals surface area (Å²) >= 11 is 0. The summed E-state index contributed by atoms with van der Waals surface area (Å²) in [5, 5.41) is 0. The SMILES string of the molecule is CCCCCCCCCCCCCCCCCCCC[PH](F)(Oc1c(C(C)(C)C)cc(OC)cc1C(C)(C)C)Oc1c(C(C)(C)C)cc(OC)cc1C(C)(C)C. The van der Waals surface area contributed by atoms with Gasteiger partial charge in [-0.3, -0.25) is 0 Å². The van der Waals surface area contributed by atoms with Crippen molar-refractivity contribution in [3.63, 3.8) is 0 Å². The Kier molecular flexibility index (Phi) is 20.6. The van der Waals surface area contributed by atoms with Crippen LogP contribution in [-0.2, 0) is 21.7 Å². The third kappa shape index (κ3) is 17.1. The summed E-state index contributed by atoms with van der Waals surface area (Å²) in [5.74, 6) is 2.71. The summed E-state index contributed by atoms with van der Waals surface area (Å²) < 4.78 is 43.7. The van der Waals surface area contributed by atoms with E-state index in [0.29, 0.717) is 11.5 Å². The minimum absolute atomic E-state index is 0.254. The summed E-state index contributed by atoms with van der Waals surface area (Å²) in [4.78, 5) is 0. The quantitative estimate of drug-likeness (QED) is 0.0740. The van der Waals surface area contributed by atoms with E-state index in [9.17, 15) is 0 Å². The first kappa shape index (κ1) is 50.1. The zero-order chi connectivity index (χ0) is 42.2. The third-order valence-electron chi connectivity index (χ3n) is 11.2. The molecule has 4 nitrogen and oxygen atoms in total. The van der Waals surface area contributed by atoms with E-state index in [1.807, 2.05) is 24.3 Å². The molecule has 6 heteroatoms. The molecule has 0 heterocycles. The second-order valence-corrected chi connectivity index (χ2v) is 23.0. The van der Waals surface area contributed by atoms with Gasteiger partial charge in [0.15, 0.2) is 0 Å². The molecule has 0 spiro atoms.